The molecule has 0 saturated heterocycles. The third kappa shape index (κ3) is 3.27. The molecule has 6 N–H and O–H groups in total. The van der Waals surface area contributed by atoms with Gasteiger partial charge in [0, 0.05) is 7.05 Å². The van der Waals surface area contributed by atoms with Crippen LogP contribution in [0, 0.1) is 0 Å². The Morgan fingerprint density at radius 2 is 2.12 bits per heavy atom. The number of hydrazine groups is 1. The van der Waals surface area contributed by atoms with Crippen LogP contribution in [0.25, 0.3) is 0 Å². The van der Waals surface area contributed by atoms with Gasteiger partial charge in [0.2, 0.25) is 6.29 Å². The van der Waals surface area contributed by atoms with Gasteiger partial charge in [-0.15, -0.1) is 0 Å². The van der Waals surface area contributed by atoms with Crippen LogP contribution in [0.4, 0.5) is 0 Å². The van der Waals surface area contributed by atoms with E-state index in [9.17, 15) is 4.57 Å². The van der Waals surface area contributed by atoms with Crippen LogP contribution in [-0.2, 0) is 4.57 Å². The molecule has 10 nitrogen and oxygen atoms in total. The molecular weight excluding hydrogens is 262 g/mol. The molecular formula is C4H11N4O6P2+. The zero-order chi connectivity index (χ0) is 12.6. The molecule has 0 aliphatic carbocycles. The van der Waals surface area contributed by atoms with Gasteiger partial charge in [-0.05, 0) is 0 Å². The van der Waals surface area contributed by atoms with Crippen molar-refractivity contribution >= 4 is 27.1 Å². The summed E-state index contributed by atoms with van der Waals surface area (Å²) in [5.74, 6) is 0. The van der Waals surface area contributed by atoms with Crippen molar-refractivity contribution in [2.45, 2.75) is 6.29 Å². The minimum Gasteiger partial charge on any atom is -0.317 e. The maximum absolute atomic E-state index is 10.9. The van der Waals surface area contributed by atoms with Gasteiger partial charge in [-0.3, -0.25) is 0 Å². The molecule has 0 amide bonds. The Kier molecular flexibility index (Phi) is 3.78. The second kappa shape index (κ2) is 4.44. The predicted octanol–water partition coefficient (Wildman–Crippen LogP) is -1.98. The van der Waals surface area contributed by atoms with E-state index < -0.39 is 27.0 Å². The summed E-state index contributed by atoms with van der Waals surface area (Å²) in [7, 11) is -8.46. The van der Waals surface area contributed by atoms with Gasteiger partial charge in [-0.2, -0.15) is 24.7 Å². The Balaban J connectivity index is 3.07. The lowest BCUT2D eigenvalue weighted by Crippen LogP contribution is -2.34. The fourth-order valence-electron chi connectivity index (χ4n) is 0.908. The van der Waals surface area contributed by atoms with Gasteiger partial charge in [0.05, 0.1) is 0 Å². The van der Waals surface area contributed by atoms with Crippen LogP contribution in [0.3, 0.4) is 0 Å². The van der Waals surface area contributed by atoms with Crippen LogP contribution < -0.4 is 5.43 Å². The Morgan fingerprint density at radius 3 is 2.44 bits per heavy atom. The van der Waals surface area contributed by atoms with E-state index in [0.29, 0.717) is 0 Å². The molecule has 0 saturated carbocycles. The van der Waals surface area contributed by atoms with E-state index in [-0.39, 0.29) is 0 Å². The molecule has 0 radical (unpaired) electrons. The lowest BCUT2D eigenvalue weighted by Gasteiger charge is -2.15. The van der Waals surface area contributed by atoms with E-state index in [1.54, 1.807) is 0 Å². The molecule has 0 spiro atoms. The minimum absolute atomic E-state index is 1.08. The number of hydrogen-bond acceptors (Lipinski definition) is 8. The highest BCUT2D eigenvalue weighted by molar-refractivity contribution is 8.00. The van der Waals surface area contributed by atoms with Crippen molar-refractivity contribution in [2.75, 3.05) is 7.05 Å². The van der Waals surface area contributed by atoms with Crippen molar-refractivity contribution in [1.29, 1.82) is 0 Å². The summed E-state index contributed by atoms with van der Waals surface area (Å²) in [5, 5.41) is -0.122. The largest absolute Gasteiger partial charge is 0.469 e. The molecule has 16 heavy (non-hydrogen) atoms. The maximum Gasteiger partial charge on any atom is 0.469 e. The highest BCUT2D eigenvalue weighted by atomic mass is 31.3. The van der Waals surface area contributed by atoms with Gasteiger partial charge < -0.3 is 15.2 Å². The van der Waals surface area contributed by atoms with E-state index in [1.807, 2.05) is 0 Å². The average Bonchev–Trinajstić information content (AvgIpc) is 2.42. The van der Waals surface area contributed by atoms with E-state index in [1.165, 1.54) is 18.4 Å². The van der Waals surface area contributed by atoms with Crippen LogP contribution >= 0.6 is 15.5 Å². The lowest BCUT2D eigenvalue weighted by atomic mass is 10.8. The van der Waals surface area contributed by atoms with Gasteiger partial charge in [0.15, 0.2) is 0 Å². The summed E-state index contributed by atoms with van der Waals surface area (Å²) in [6, 6.07) is 0. The predicted molar refractivity (Wildman–Crippen MR) is 56.2 cm³/mol. The molecule has 1 heterocycles. The first kappa shape index (κ1) is 13.6. The monoisotopic (exact) mass is 273 g/mol. The molecule has 0 aromatic carbocycles. The van der Waals surface area contributed by atoms with Gasteiger partial charge in [-0.25, -0.2) is 9.56 Å². The van der Waals surface area contributed by atoms with Crippen LogP contribution in [0.5, 0.6) is 0 Å². The normalized spacial score (nSPS) is 23.6. The van der Waals surface area contributed by atoms with Gasteiger partial charge in [0.1, 0.15) is 6.34 Å². The van der Waals surface area contributed by atoms with Crippen molar-refractivity contribution < 1.29 is 29.0 Å². The zero-order valence-electron chi connectivity index (χ0n) is 8.04. The number of hydrogen-bond donors (Lipinski definition) is 6. The highest BCUT2D eigenvalue weighted by Gasteiger charge is 2.52. The zero-order valence-corrected chi connectivity index (χ0v) is 9.82. The third-order valence-corrected chi connectivity index (χ3v) is 4.45. The number of aliphatic imine (C=N–C) groups is 2. The molecule has 92 valence electrons. The van der Waals surface area contributed by atoms with Crippen molar-refractivity contribution in [3.8, 4) is 0 Å². The maximum atomic E-state index is 10.9. The first-order valence-electron chi connectivity index (χ1n) is 3.85. The highest BCUT2D eigenvalue weighted by Crippen LogP contribution is 2.60. The molecule has 1 aliphatic heterocycles. The summed E-state index contributed by atoms with van der Waals surface area (Å²) in [6.45, 7) is 0. The molecule has 0 aromatic rings. The van der Waals surface area contributed by atoms with Gasteiger partial charge in [0.25, 0.3) is 0 Å². The van der Waals surface area contributed by atoms with E-state index in [4.69, 9.17) is 24.5 Å². The summed E-state index contributed by atoms with van der Waals surface area (Å²) in [4.78, 5) is 51.1. The second-order valence-corrected chi connectivity index (χ2v) is 6.33. The Labute approximate surface area is 90.7 Å². The molecule has 1 rings (SSSR count). The second-order valence-electron chi connectivity index (χ2n) is 2.91. The standard InChI is InChI=1S/C4H10N4O6P2/c1-8-3(5-2-6-8)7-4(15(9,10)11)16(12,13)14/h2-3,9-11H,1H3,(H2-,5,6,12,13,14)/p+1. The van der Waals surface area contributed by atoms with Crippen molar-refractivity contribution in [1.82, 2.24) is 10.4 Å². The van der Waals surface area contributed by atoms with E-state index in [2.05, 4.69) is 15.4 Å². The Bertz CT molecular complexity index is 371. The first-order valence-corrected chi connectivity index (χ1v) is 7.11. The van der Waals surface area contributed by atoms with Gasteiger partial charge in [-0.1, -0.05) is 0 Å². The topological polar surface area (TPSA) is 158 Å². The van der Waals surface area contributed by atoms with Gasteiger partial charge >= 0.3 is 20.7 Å². The SMILES string of the molecule is CN1NC=NC1N=C(P(=O)(O)O)[P+](O)(O)O. The molecule has 1 unspecified atom stereocenters. The summed E-state index contributed by atoms with van der Waals surface area (Å²) in [6.07, 6.45) is 0.131. The smallest absolute Gasteiger partial charge is 0.317 e. The molecule has 0 aromatic heterocycles. The molecule has 1 aliphatic rings. The number of nitrogens with zero attached hydrogens (tertiary/aromatic N) is 3. The summed E-state index contributed by atoms with van der Waals surface area (Å²) in [5.41, 5.74) is 2.53. The minimum atomic E-state index is -5.06. The third-order valence-electron chi connectivity index (χ3n) is 1.58. The summed E-state index contributed by atoms with van der Waals surface area (Å²) < 4.78 is 10.9. The molecule has 0 fully saturated rings. The molecule has 12 heteroatoms. The first-order chi connectivity index (χ1) is 7.12. The Morgan fingerprint density at radius 1 is 1.56 bits per heavy atom. The van der Waals surface area contributed by atoms with Crippen LogP contribution in [-0.4, -0.2) is 54.3 Å². The molecule has 0 bridgehead atoms. The Hall–Kier alpha value is -0.440. The van der Waals surface area contributed by atoms with Crippen LogP contribution in [0.15, 0.2) is 9.98 Å². The quantitative estimate of drug-likeness (QED) is 0.255. The van der Waals surface area contributed by atoms with E-state index in [0.717, 1.165) is 0 Å². The van der Waals surface area contributed by atoms with Crippen molar-refractivity contribution in [2.24, 2.45) is 9.98 Å². The number of rotatable bonds is 3. The molecule has 1 atom stereocenters. The average molecular weight is 273 g/mol. The fraction of sp³-hybridized carbons (Fsp3) is 0.500. The lowest BCUT2D eigenvalue weighted by molar-refractivity contribution is 0.247. The van der Waals surface area contributed by atoms with Crippen molar-refractivity contribution in [3.63, 3.8) is 0 Å². The van der Waals surface area contributed by atoms with Crippen LogP contribution in [0.2, 0.25) is 0 Å². The number of nitrogens with one attached hydrogen (secondary N) is 1. The fourth-order valence-corrected chi connectivity index (χ4v) is 2.82. The van der Waals surface area contributed by atoms with Crippen molar-refractivity contribution in [3.05, 3.63) is 0 Å². The van der Waals surface area contributed by atoms with E-state index >= 15 is 0 Å². The van der Waals surface area contributed by atoms with Crippen LogP contribution in [0.1, 0.15) is 0 Å². The summed E-state index contributed by atoms with van der Waals surface area (Å²) >= 11 is 0.